The molecule has 0 aliphatic rings. The van der Waals surface area contributed by atoms with Crippen LogP contribution in [0.3, 0.4) is 0 Å². The van der Waals surface area contributed by atoms with Crippen molar-refractivity contribution in [1.29, 1.82) is 0 Å². The first-order chi connectivity index (χ1) is 7.43. The van der Waals surface area contributed by atoms with Gasteiger partial charge in [-0.05, 0) is 38.0 Å². The van der Waals surface area contributed by atoms with Gasteiger partial charge in [-0.1, -0.05) is 15.9 Å². The summed E-state index contributed by atoms with van der Waals surface area (Å²) in [6.45, 7) is 5.90. The van der Waals surface area contributed by atoms with Crippen LogP contribution in [-0.2, 0) is 10.8 Å². The van der Waals surface area contributed by atoms with Crippen molar-refractivity contribution in [3.8, 4) is 0 Å². The van der Waals surface area contributed by atoms with Crippen LogP contribution < -0.4 is 0 Å². The van der Waals surface area contributed by atoms with Gasteiger partial charge in [-0.15, -0.1) is 0 Å². The normalized spacial score (nSPS) is 13.3. The predicted octanol–water partition coefficient (Wildman–Crippen LogP) is 3.86. The SMILES string of the molecule is Cc1cc2oc(C)c(S(C)=O)c2c(C)c1Br. The molecule has 4 heteroatoms. The minimum atomic E-state index is -1.02. The van der Waals surface area contributed by atoms with E-state index in [-0.39, 0.29) is 0 Å². The van der Waals surface area contributed by atoms with Crippen LogP contribution in [0.1, 0.15) is 16.9 Å². The van der Waals surface area contributed by atoms with Crippen LogP contribution in [0, 0.1) is 20.8 Å². The highest BCUT2D eigenvalue weighted by molar-refractivity contribution is 9.10. The van der Waals surface area contributed by atoms with Gasteiger partial charge >= 0.3 is 0 Å². The van der Waals surface area contributed by atoms with Crippen molar-refractivity contribution in [2.45, 2.75) is 25.7 Å². The van der Waals surface area contributed by atoms with Crippen molar-refractivity contribution >= 4 is 37.7 Å². The van der Waals surface area contributed by atoms with Crippen LogP contribution in [0.4, 0.5) is 0 Å². The highest BCUT2D eigenvalue weighted by Gasteiger charge is 2.18. The van der Waals surface area contributed by atoms with Crippen LogP contribution >= 0.6 is 15.9 Å². The van der Waals surface area contributed by atoms with Gasteiger partial charge in [-0.3, -0.25) is 4.21 Å². The lowest BCUT2D eigenvalue weighted by molar-refractivity contribution is 0.566. The molecule has 0 saturated carbocycles. The van der Waals surface area contributed by atoms with Gasteiger partial charge in [0.2, 0.25) is 0 Å². The van der Waals surface area contributed by atoms with E-state index in [1.807, 2.05) is 26.8 Å². The summed E-state index contributed by atoms with van der Waals surface area (Å²) < 4.78 is 18.5. The first-order valence-electron chi connectivity index (χ1n) is 4.95. The number of hydrogen-bond acceptors (Lipinski definition) is 2. The topological polar surface area (TPSA) is 30.2 Å². The Morgan fingerprint density at radius 1 is 1.31 bits per heavy atom. The molecule has 0 bridgehead atoms. The van der Waals surface area contributed by atoms with Gasteiger partial charge in [-0.2, -0.15) is 0 Å². The average molecular weight is 301 g/mol. The number of aryl methyl sites for hydroxylation is 3. The summed E-state index contributed by atoms with van der Waals surface area (Å²) >= 11 is 3.55. The summed E-state index contributed by atoms with van der Waals surface area (Å²) in [6, 6.07) is 1.98. The highest BCUT2D eigenvalue weighted by atomic mass is 79.9. The van der Waals surface area contributed by atoms with Crippen LogP contribution in [0.5, 0.6) is 0 Å². The summed E-state index contributed by atoms with van der Waals surface area (Å²) in [4.78, 5) is 0.813. The maximum absolute atomic E-state index is 11.7. The van der Waals surface area contributed by atoms with E-state index >= 15 is 0 Å². The lowest BCUT2D eigenvalue weighted by Gasteiger charge is -2.04. The number of halogens is 1. The van der Waals surface area contributed by atoms with Crippen molar-refractivity contribution in [2.75, 3.05) is 6.26 Å². The second kappa shape index (κ2) is 4.00. The van der Waals surface area contributed by atoms with Crippen molar-refractivity contribution in [3.63, 3.8) is 0 Å². The van der Waals surface area contributed by atoms with Crippen LogP contribution in [0.15, 0.2) is 19.9 Å². The molecule has 0 radical (unpaired) electrons. The van der Waals surface area contributed by atoms with E-state index in [0.29, 0.717) is 0 Å². The fourth-order valence-electron chi connectivity index (χ4n) is 2.02. The Morgan fingerprint density at radius 3 is 2.50 bits per heavy atom. The third-order valence-corrected chi connectivity index (χ3v) is 5.03. The summed E-state index contributed by atoms with van der Waals surface area (Å²) in [5.41, 5.74) is 3.05. The zero-order chi connectivity index (χ0) is 12.0. The zero-order valence-electron chi connectivity index (χ0n) is 9.68. The Hall–Kier alpha value is -0.610. The maximum Gasteiger partial charge on any atom is 0.136 e. The van der Waals surface area contributed by atoms with Crippen molar-refractivity contribution in [2.24, 2.45) is 0 Å². The lowest BCUT2D eigenvalue weighted by Crippen LogP contribution is -1.91. The second-order valence-electron chi connectivity index (χ2n) is 3.95. The van der Waals surface area contributed by atoms with Gasteiger partial charge in [-0.25, -0.2) is 0 Å². The van der Waals surface area contributed by atoms with Gasteiger partial charge in [0.25, 0.3) is 0 Å². The molecule has 0 spiro atoms. The quantitative estimate of drug-likeness (QED) is 0.800. The van der Waals surface area contributed by atoms with E-state index in [4.69, 9.17) is 4.42 Å². The first-order valence-corrected chi connectivity index (χ1v) is 7.30. The molecule has 16 heavy (non-hydrogen) atoms. The number of hydrogen-bond donors (Lipinski definition) is 0. The monoisotopic (exact) mass is 300 g/mol. The van der Waals surface area contributed by atoms with E-state index in [9.17, 15) is 4.21 Å². The fourth-order valence-corrected chi connectivity index (χ4v) is 3.32. The highest BCUT2D eigenvalue weighted by Crippen LogP contribution is 2.36. The molecule has 86 valence electrons. The first kappa shape index (κ1) is 11.9. The van der Waals surface area contributed by atoms with Gasteiger partial charge in [0.15, 0.2) is 0 Å². The molecule has 2 nitrogen and oxygen atoms in total. The van der Waals surface area contributed by atoms with Crippen LogP contribution in [0.2, 0.25) is 0 Å². The van der Waals surface area contributed by atoms with E-state index in [1.165, 1.54) is 0 Å². The van der Waals surface area contributed by atoms with Crippen LogP contribution in [0.25, 0.3) is 11.0 Å². The Kier molecular flexibility index (Phi) is 2.97. The van der Waals surface area contributed by atoms with E-state index in [0.717, 1.165) is 37.2 Å². The molecule has 2 aromatic rings. The molecular weight excluding hydrogens is 288 g/mol. The number of rotatable bonds is 1. The van der Waals surface area contributed by atoms with Gasteiger partial charge in [0.05, 0.1) is 15.7 Å². The molecule has 1 unspecified atom stereocenters. The largest absolute Gasteiger partial charge is 0.460 e. The molecule has 0 fully saturated rings. The van der Waals surface area contributed by atoms with E-state index < -0.39 is 10.8 Å². The van der Waals surface area contributed by atoms with Crippen molar-refractivity contribution < 1.29 is 8.63 Å². The van der Waals surface area contributed by atoms with Gasteiger partial charge in [0, 0.05) is 16.1 Å². The fraction of sp³-hybridized carbons (Fsp3) is 0.333. The molecule has 0 amide bonds. The number of fused-ring (bicyclic) bond motifs is 1. The van der Waals surface area contributed by atoms with Crippen LogP contribution in [-0.4, -0.2) is 10.5 Å². The average Bonchev–Trinajstić information content (AvgIpc) is 2.51. The summed E-state index contributed by atoms with van der Waals surface area (Å²) in [5.74, 6) is 0.747. The Balaban J connectivity index is 2.98. The van der Waals surface area contributed by atoms with Crippen molar-refractivity contribution in [1.82, 2.24) is 0 Å². The molecular formula is C12H13BrO2S. The maximum atomic E-state index is 11.7. The Bertz CT molecular complexity index is 599. The summed E-state index contributed by atoms with van der Waals surface area (Å²) in [6.07, 6.45) is 1.69. The smallest absolute Gasteiger partial charge is 0.136 e. The summed E-state index contributed by atoms with van der Waals surface area (Å²) in [5, 5.41) is 0.982. The molecule has 0 saturated heterocycles. The third-order valence-electron chi connectivity index (χ3n) is 2.74. The molecule has 1 heterocycles. The number of benzene rings is 1. The second-order valence-corrected chi connectivity index (χ2v) is 6.06. The molecule has 1 aromatic carbocycles. The molecule has 0 aliphatic heterocycles. The predicted molar refractivity (Wildman–Crippen MR) is 70.5 cm³/mol. The third kappa shape index (κ3) is 1.64. The standard InChI is InChI=1S/C12H13BrO2S/c1-6-5-9-10(7(2)11(6)13)12(16(4)14)8(3)15-9/h5H,1-4H3. The van der Waals surface area contributed by atoms with E-state index in [1.54, 1.807) is 6.26 Å². The Morgan fingerprint density at radius 2 is 1.94 bits per heavy atom. The van der Waals surface area contributed by atoms with Gasteiger partial charge < -0.3 is 4.42 Å². The van der Waals surface area contributed by atoms with E-state index in [2.05, 4.69) is 15.9 Å². The number of furan rings is 1. The van der Waals surface area contributed by atoms with Gasteiger partial charge in [0.1, 0.15) is 11.3 Å². The lowest BCUT2D eigenvalue weighted by atomic mass is 10.1. The molecule has 2 rings (SSSR count). The molecule has 0 aliphatic carbocycles. The minimum absolute atomic E-state index is 0.747. The zero-order valence-corrected chi connectivity index (χ0v) is 12.1. The molecule has 0 N–H and O–H groups in total. The molecule has 1 atom stereocenters. The Labute approximate surface area is 106 Å². The summed E-state index contributed by atoms with van der Waals surface area (Å²) in [7, 11) is -1.02. The minimum Gasteiger partial charge on any atom is -0.460 e. The molecule has 1 aromatic heterocycles. The van der Waals surface area contributed by atoms with Crippen molar-refractivity contribution in [3.05, 3.63) is 27.4 Å².